The highest BCUT2D eigenvalue weighted by molar-refractivity contribution is 5.86. The van der Waals surface area contributed by atoms with Crippen molar-refractivity contribution < 1.29 is 14.3 Å². The summed E-state index contributed by atoms with van der Waals surface area (Å²) in [5.41, 5.74) is -0.332. The maximum Gasteiger partial charge on any atom is 0.320 e. The monoisotopic (exact) mass is 309 g/mol. The third-order valence-corrected chi connectivity index (χ3v) is 5.39. The van der Waals surface area contributed by atoms with Gasteiger partial charge in [-0.1, -0.05) is 0 Å². The van der Waals surface area contributed by atoms with E-state index in [1.165, 1.54) is 0 Å². The van der Waals surface area contributed by atoms with Crippen LogP contribution in [0.25, 0.3) is 0 Å². The second kappa shape index (κ2) is 6.44. The zero-order valence-corrected chi connectivity index (χ0v) is 13.6. The van der Waals surface area contributed by atoms with Crippen molar-refractivity contribution in [2.24, 2.45) is 5.41 Å². The second-order valence-electron chi connectivity index (χ2n) is 6.82. The van der Waals surface area contributed by atoms with Crippen LogP contribution in [0.4, 0.5) is 4.79 Å². The number of ether oxygens (including phenoxy) is 1. The fraction of sp³-hybridized carbons (Fsp3) is 0.875. The van der Waals surface area contributed by atoms with E-state index in [9.17, 15) is 9.59 Å². The number of rotatable bonds is 3. The van der Waals surface area contributed by atoms with Crippen LogP contribution in [0.2, 0.25) is 0 Å². The smallest absolute Gasteiger partial charge is 0.320 e. The summed E-state index contributed by atoms with van der Waals surface area (Å²) in [5.74, 6) is 0.225. The summed E-state index contributed by atoms with van der Waals surface area (Å²) in [4.78, 5) is 31.2. The average Bonchev–Trinajstić information content (AvgIpc) is 3.16. The molecule has 3 saturated heterocycles. The van der Waals surface area contributed by atoms with Gasteiger partial charge in [0.2, 0.25) is 5.91 Å². The highest BCUT2D eigenvalue weighted by Crippen LogP contribution is 2.40. The molecule has 6 heteroatoms. The van der Waals surface area contributed by atoms with Crippen LogP contribution in [-0.4, -0.2) is 79.6 Å². The Labute approximate surface area is 132 Å². The van der Waals surface area contributed by atoms with Crippen LogP contribution in [0, 0.1) is 5.41 Å². The van der Waals surface area contributed by atoms with E-state index in [0.717, 1.165) is 58.3 Å². The predicted octanol–water partition coefficient (Wildman–Crippen LogP) is 1.16. The topological polar surface area (TPSA) is 53.1 Å². The van der Waals surface area contributed by atoms with Crippen molar-refractivity contribution in [2.45, 2.75) is 32.1 Å². The van der Waals surface area contributed by atoms with E-state index in [1.54, 1.807) is 7.11 Å². The molecule has 22 heavy (non-hydrogen) atoms. The Bertz CT molecular complexity index is 436. The van der Waals surface area contributed by atoms with Crippen molar-refractivity contribution >= 4 is 11.9 Å². The third-order valence-electron chi connectivity index (χ3n) is 5.39. The van der Waals surface area contributed by atoms with Gasteiger partial charge in [0.05, 0.1) is 12.0 Å². The largest absolute Gasteiger partial charge is 0.383 e. The van der Waals surface area contributed by atoms with Gasteiger partial charge in [0.1, 0.15) is 0 Å². The van der Waals surface area contributed by atoms with Crippen LogP contribution >= 0.6 is 0 Å². The number of methoxy groups -OCH3 is 1. The van der Waals surface area contributed by atoms with Crippen molar-refractivity contribution in [2.75, 3.05) is 53.0 Å². The van der Waals surface area contributed by atoms with Gasteiger partial charge in [-0.25, -0.2) is 4.79 Å². The van der Waals surface area contributed by atoms with Crippen molar-refractivity contribution in [1.82, 2.24) is 14.7 Å². The van der Waals surface area contributed by atoms with Gasteiger partial charge in [-0.2, -0.15) is 0 Å². The zero-order chi connectivity index (χ0) is 15.6. The van der Waals surface area contributed by atoms with Crippen LogP contribution < -0.4 is 0 Å². The number of nitrogens with zero attached hydrogens (tertiary/aromatic N) is 3. The van der Waals surface area contributed by atoms with Crippen LogP contribution in [-0.2, 0) is 9.53 Å². The van der Waals surface area contributed by atoms with Gasteiger partial charge in [0, 0.05) is 46.4 Å². The van der Waals surface area contributed by atoms with Gasteiger partial charge in [0.25, 0.3) is 0 Å². The van der Waals surface area contributed by atoms with Gasteiger partial charge >= 0.3 is 6.03 Å². The van der Waals surface area contributed by atoms with Crippen LogP contribution in [0.3, 0.4) is 0 Å². The van der Waals surface area contributed by atoms with E-state index in [1.807, 2.05) is 14.7 Å². The highest BCUT2D eigenvalue weighted by atomic mass is 16.5. The lowest BCUT2D eigenvalue weighted by Crippen LogP contribution is -2.53. The lowest BCUT2D eigenvalue weighted by molar-refractivity contribution is -0.138. The fourth-order valence-electron chi connectivity index (χ4n) is 4.09. The lowest BCUT2D eigenvalue weighted by atomic mass is 9.78. The summed E-state index contributed by atoms with van der Waals surface area (Å²) in [5, 5.41) is 0. The zero-order valence-electron chi connectivity index (χ0n) is 13.6. The first-order valence-electron chi connectivity index (χ1n) is 8.48. The minimum Gasteiger partial charge on any atom is -0.383 e. The lowest BCUT2D eigenvalue weighted by Gasteiger charge is -2.40. The SMILES string of the molecule is COCCN1CC[C@]2(CCCN(C(=O)N3CCCC3)C2)C1=O. The van der Waals surface area contributed by atoms with Gasteiger partial charge in [-0.3, -0.25) is 4.79 Å². The molecule has 124 valence electrons. The molecule has 3 fully saturated rings. The molecule has 0 N–H and O–H groups in total. The number of hydrogen-bond donors (Lipinski definition) is 0. The van der Waals surface area contributed by atoms with E-state index in [0.29, 0.717) is 19.7 Å². The number of carbonyl (C=O) groups is 2. The Morgan fingerprint density at radius 1 is 1.09 bits per heavy atom. The van der Waals surface area contributed by atoms with E-state index < -0.39 is 0 Å². The summed E-state index contributed by atoms with van der Waals surface area (Å²) >= 11 is 0. The first-order valence-corrected chi connectivity index (χ1v) is 8.48. The molecule has 0 radical (unpaired) electrons. The van der Waals surface area contributed by atoms with Gasteiger partial charge < -0.3 is 19.4 Å². The van der Waals surface area contributed by atoms with Gasteiger partial charge in [-0.05, 0) is 32.1 Å². The minimum atomic E-state index is -0.332. The number of likely N-dealkylation sites (tertiary alicyclic amines) is 3. The fourth-order valence-corrected chi connectivity index (χ4v) is 4.09. The average molecular weight is 309 g/mol. The van der Waals surface area contributed by atoms with E-state index in [2.05, 4.69) is 0 Å². The maximum atomic E-state index is 12.8. The molecule has 3 rings (SSSR count). The molecule has 3 heterocycles. The normalized spacial score (nSPS) is 29.0. The van der Waals surface area contributed by atoms with Crippen LogP contribution in [0.15, 0.2) is 0 Å². The Morgan fingerprint density at radius 3 is 2.55 bits per heavy atom. The molecule has 1 spiro atoms. The van der Waals surface area contributed by atoms with Crippen LogP contribution in [0.5, 0.6) is 0 Å². The molecule has 3 amide bonds. The molecule has 0 bridgehead atoms. The van der Waals surface area contributed by atoms with E-state index in [4.69, 9.17) is 4.74 Å². The first-order chi connectivity index (χ1) is 10.7. The number of hydrogen-bond acceptors (Lipinski definition) is 3. The third kappa shape index (κ3) is 2.81. The molecule has 0 aliphatic carbocycles. The summed E-state index contributed by atoms with van der Waals surface area (Å²) in [6, 6.07) is 0.139. The number of urea groups is 1. The van der Waals surface area contributed by atoms with E-state index >= 15 is 0 Å². The summed E-state index contributed by atoms with van der Waals surface area (Å²) < 4.78 is 5.09. The van der Waals surface area contributed by atoms with Crippen molar-refractivity contribution in [1.29, 1.82) is 0 Å². The maximum absolute atomic E-state index is 12.8. The molecule has 3 aliphatic heterocycles. The summed E-state index contributed by atoms with van der Waals surface area (Å²) in [6.45, 7) is 5.18. The predicted molar refractivity (Wildman–Crippen MR) is 82.5 cm³/mol. The number of carbonyl (C=O) groups excluding carboxylic acids is 2. The summed E-state index contributed by atoms with van der Waals surface area (Å²) in [7, 11) is 1.66. The van der Waals surface area contributed by atoms with E-state index in [-0.39, 0.29) is 17.4 Å². The van der Waals surface area contributed by atoms with Crippen molar-refractivity contribution in [3.63, 3.8) is 0 Å². The summed E-state index contributed by atoms with van der Waals surface area (Å²) in [6.07, 6.45) is 4.94. The molecule has 0 aromatic heterocycles. The Kier molecular flexibility index (Phi) is 4.57. The molecule has 0 unspecified atom stereocenters. The van der Waals surface area contributed by atoms with Gasteiger partial charge in [-0.15, -0.1) is 0 Å². The molecule has 0 aromatic rings. The van der Waals surface area contributed by atoms with Crippen molar-refractivity contribution in [3.05, 3.63) is 0 Å². The molecule has 0 saturated carbocycles. The Hall–Kier alpha value is -1.30. The number of piperidine rings is 1. The highest BCUT2D eigenvalue weighted by Gasteiger charge is 2.49. The molecular weight excluding hydrogens is 282 g/mol. The van der Waals surface area contributed by atoms with Crippen LogP contribution in [0.1, 0.15) is 32.1 Å². The number of amides is 3. The molecule has 3 aliphatic rings. The first kappa shape index (κ1) is 15.6. The molecule has 0 aromatic carbocycles. The van der Waals surface area contributed by atoms with Gasteiger partial charge in [0.15, 0.2) is 0 Å². The van der Waals surface area contributed by atoms with Crippen molar-refractivity contribution in [3.8, 4) is 0 Å². The molecular formula is C16H27N3O3. The molecule has 1 atom stereocenters. The Morgan fingerprint density at radius 2 is 1.82 bits per heavy atom. The Balaban J connectivity index is 1.64. The molecule has 6 nitrogen and oxygen atoms in total. The standard InChI is InChI=1S/C16H27N3O3/c1-22-12-11-17-10-6-16(14(17)20)5-4-9-19(13-16)15(21)18-7-2-3-8-18/h2-13H2,1H3/t16-/m0/s1. The minimum absolute atomic E-state index is 0.139. The quantitative estimate of drug-likeness (QED) is 0.786. The second-order valence-corrected chi connectivity index (χ2v) is 6.82.